The number of nitrogens with two attached hydrogens (primary N) is 1. The second-order valence-corrected chi connectivity index (χ2v) is 5.31. The zero-order valence-corrected chi connectivity index (χ0v) is 11.7. The van der Waals surface area contributed by atoms with Crippen LogP contribution in [-0.4, -0.2) is 8.96 Å². The molecule has 80 valence electrons. The number of halogens is 2. The summed E-state index contributed by atoms with van der Waals surface area (Å²) < 4.78 is 2.01. The molecule has 0 spiro atoms. The molecule has 0 saturated carbocycles. The van der Waals surface area contributed by atoms with Crippen LogP contribution in [0, 0.1) is 6.92 Å². The van der Waals surface area contributed by atoms with E-state index < -0.39 is 0 Å². The van der Waals surface area contributed by atoms with Crippen LogP contribution in [0.15, 0.2) is 12.4 Å². The van der Waals surface area contributed by atoms with Gasteiger partial charge >= 0.3 is 0 Å². The Balaban J connectivity index is 2.86. The maximum Gasteiger partial charge on any atom is 0.151 e. The highest BCUT2D eigenvalue weighted by Crippen LogP contribution is 2.31. The second-order valence-electron chi connectivity index (χ2n) is 3.19. The molecule has 0 fully saturated rings. The maximum atomic E-state index is 6.07. The second kappa shape index (κ2) is 4.48. The molecule has 2 aromatic heterocycles. The number of rotatable bonds is 2. The fourth-order valence-electron chi connectivity index (χ4n) is 1.65. The number of nitrogens with zero attached hydrogens (tertiary/aromatic N) is 2. The van der Waals surface area contributed by atoms with Gasteiger partial charge < -0.3 is 5.73 Å². The molecule has 0 radical (unpaired) electrons. The zero-order valence-electron chi connectivity index (χ0n) is 8.00. The molecular formula is C9H9ClIN3S. The molecular weight excluding hydrogens is 345 g/mol. The molecule has 0 amide bonds. The predicted octanol–water partition coefficient (Wildman–Crippen LogP) is 3.30. The zero-order chi connectivity index (χ0) is 11.0. The molecule has 0 aliphatic rings. The Hall–Kier alpha value is 0.0200. The van der Waals surface area contributed by atoms with Gasteiger partial charge in [0, 0.05) is 54.6 Å². The third-order valence-corrected chi connectivity index (χ3v) is 4.33. The van der Waals surface area contributed by atoms with Gasteiger partial charge in [0.2, 0.25) is 0 Å². The monoisotopic (exact) mass is 353 g/mol. The van der Waals surface area contributed by atoms with Crippen molar-refractivity contribution in [3.05, 3.63) is 28.5 Å². The number of pyridine rings is 1. The Morgan fingerprint density at radius 1 is 1.67 bits per heavy atom. The fourth-order valence-corrected chi connectivity index (χ4v) is 3.17. The first-order valence-electron chi connectivity index (χ1n) is 4.33. The number of hydrogen-bond donors (Lipinski definition) is 1. The van der Waals surface area contributed by atoms with Gasteiger partial charge in [0.15, 0.2) is 5.65 Å². The third kappa shape index (κ3) is 1.86. The highest BCUT2D eigenvalue weighted by atomic mass is 127. The third-order valence-electron chi connectivity index (χ3n) is 2.31. The number of aryl methyl sites for hydroxylation is 1. The predicted molar refractivity (Wildman–Crippen MR) is 74.4 cm³/mol. The molecule has 0 bridgehead atoms. The standard InChI is InChI=1S/C9H9ClIN3S/c1-5-4-14(15-11)9-8(5)6(2-12)7(10)3-13-9/h3-4H,2,12H2,1H3. The van der Waals surface area contributed by atoms with Crippen molar-refractivity contribution in [3.63, 3.8) is 0 Å². The van der Waals surface area contributed by atoms with E-state index in [4.69, 9.17) is 17.3 Å². The highest BCUT2D eigenvalue weighted by molar-refractivity contribution is 14.2. The van der Waals surface area contributed by atoms with Crippen LogP contribution in [0.5, 0.6) is 0 Å². The van der Waals surface area contributed by atoms with Crippen LogP contribution in [-0.2, 0) is 6.54 Å². The largest absolute Gasteiger partial charge is 0.326 e. The van der Waals surface area contributed by atoms with Crippen LogP contribution in [0.4, 0.5) is 0 Å². The summed E-state index contributed by atoms with van der Waals surface area (Å²) in [7, 11) is 1.58. The molecule has 2 heterocycles. The Kier molecular flexibility index (Phi) is 3.44. The number of fused-ring (bicyclic) bond motifs is 1. The van der Waals surface area contributed by atoms with E-state index in [1.165, 1.54) is 0 Å². The fraction of sp³-hybridized carbons (Fsp3) is 0.222. The summed E-state index contributed by atoms with van der Waals surface area (Å²) in [4.78, 5) is 4.33. The van der Waals surface area contributed by atoms with Gasteiger partial charge in [0.1, 0.15) is 0 Å². The average Bonchev–Trinajstić information content (AvgIpc) is 2.56. The summed E-state index contributed by atoms with van der Waals surface area (Å²) in [6, 6.07) is 0. The van der Waals surface area contributed by atoms with E-state index in [-0.39, 0.29) is 0 Å². The molecule has 0 unspecified atom stereocenters. The topological polar surface area (TPSA) is 43.8 Å². The van der Waals surface area contributed by atoms with Crippen molar-refractivity contribution < 1.29 is 0 Å². The summed E-state index contributed by atoms with van der Waals surface area (Å²) in [5, 5.41) is 1.72. The molecule has 0 atom stereocenters. The van der Waals surface area contributed by atoms with E-state index >= 15 is 0 Å². The first-order valence-corrected chi connectivity index (χ1v) is 8.02. The number of hydrogen-bond acceptors (Lipinski definition) is 3. The van der Waals surface area contributed by atoms with Crippen LogP contribution in [0.3, 0.4) is 0 Å². The molecule has 2 rings (SSSR count). The lowest BCUT2D eigenvalue weighted by atomic mass is 10.1. The molecule has 2 N–H and O–H groups in total. The van der Waals surface area contributed by atoms with Crippen LogP contribution >= 0.6 is 41.9 Å². The van der Waals surface area contributed by atoms with Gasteiger partial charge in [-0.1, -0.05) is 11.6 Å². The minimum atomic E-state index is 0.439. The smallest absolute Gasteiger partial charge is 0.151 e. The molecule has 0 aliphatic heterocycles. The van der Waals surface area contributed by atoms with Gasteiger partial charge in [-0.3, -0.25) is 3.97 Å². The molecule has 0 aliphatic carbocycles. The molecule has 15 heavy (non-hydrogen) atoms. The maximum absolute atomic E-state index is 6.07. The quantitative estimate of drug-likeness (QED) is 0.843. The molecule has 2 aromatic rings. The lowest BCUT2D eigenvalue weighted by Gasteiger charge is -2.04. The summed E-state index contributed by atoms with van der Waals surface area (Å²) in [5.41, 5.74) is 8.77. The van der Waals surface area contributed by atoms with Crippen molar-refractivity contribution >= 4 is 53.0 Å². The lowest BCUT2D eigenvalue weighted by molar-refractivity contribution is 1.08. The van der Waals surface area contributed by atoms with Crippen molar-refractivity contribution in [1.29, 1.82) is 0 Å². The molecule has 3 nitrogen and oxygen atoms in total. The summed E-state index contributed by atoms with van der Waals surface area (Å²) in [5.74, 6) is 0. The van der Waals surface area contributed by atoms with E-state index in [1.54, 1.807) is 15.3 Å². The first kappa shape index (κ1) is 11.5. The van der Waals surface area contributed by atoms with E-state index in [0.717, 1.165) is 22.2 Å². The highest BCUT2D eigenvalue weighted by Gasteiger charge is 2.13. The van der Waals surface area contributed by atoms with Gasteiger partial charge in [-0.2, -0.15) is 0 Å². The van der Waals surface area contributed by atoms with Gasteiger partial charge in [0.25, 0.3) is 0 Å². The minimum Gasteiger partial charge on any atom is -0.326 e. The summed E-state index contributed by atoms with van der Waals surface area (Å²) in [6.45, 7) is 2.48. The van der Waals surface area contributed by atoms with Crippen molar-refractivity contribution in [1.82, 2.24) is 8.96 Å². The minimum absolute atomic E-state index is 0.439. The molecule has 0 aromatic carbocycles. The van der Waals surface area contributed by atoms with Crippen molar-refractivity contribution in [2.45, 2.75) is 13.5 Å². The molecule has 6 heteroatoms. The van der Waals surface area contributed by atoms with Gasteiger partial charge in [-0.15, -0.1) is 0 Å². The first-order chi connectivity index (χ1) is 7.19. The van der Waals surface area contributed by atoms with Crippen LogP contribution < -0.4 is 5.73 Å². The van der Waals surface area contributed by atoms with Crippen molar-refractivity contribution in [2.24, 2.45) is 5.73 Å². The van der Waals surface area contributed by atoms with E-state index in [2.05, 4.69) is 26.2 Å². The summed E-state index contributed by atoms with van der Waals surface area (Å²) in [6.07, 6.45) is 3.71. The van der Waals surface area contributed by atoms with Gasteiger partial charge in [-0.05, 0) is 18.1 Å². The Labute approximate surface area is 109 Å². The Morgan fingerprint density at radius 2 is 2.40 bits per heavy atom. The van der Waals surface area contributed by atoms with Crippen molar-refractivity contribution in [2.75, 3.05) is 0 Å². The lowest BCUT2D eigenvalue weighted by Crippen LogP contribution is -1.99. The van der Waals surface area contributed by atoms with Gasteiger partial charge in [0.05, 0.1) is 5.02 Å². The normalized spacial score (nSPS) is 11.2. The van der Waals surface area contributed by atoms with Crippen molar-refractivity contribution in [3.8, 4) is 0 Å². The van der Waals surface area contributed by atoms with Gasteiger partial charge in [-0.25, -0.2) is 4.98 Å². The Morgan fingerprint density at radius 3 is 3.00 bits per heavy atom. The van der Waals surface area contributed by atoms with E-state index in [0.29, 0.717) is 11.6 Å². The number of aromatic nitrogens is 2. The SMILES string of the molecule is Cc1cn(SI)c2ncc(Cl)c(CN)c12. The van der Waals surface area contributed by atoms with Crippen LogP contribution in [0.1, 0.15) is 11.1 Å². The van der Waals surface area contributed by atoms with E-state index in [1.807, 2.05) is 17.1 Å². The summed E-state index contributed by atoms with van der Waals surface area (Å²) >= 11 is 8.29. The Bertz CT molecular complexity index is 512. The molecule has 0 saturated heterocycles. The van der Waals surface area contributed by atoms with E-state index in [9.17, 15) is 0 Å². The van der Waals surface area contributed by atoms with Crippen LogP contribution in [0.2, 0.25) is 5.02 Å². The van der Waals surface area contributed by atoms with Crippen LogP contribution in [0.25, 0.3) is 11.0 Å². The average molecular weight is 354 g/mol.